The van der Waals surface area contributed by atoms with Gasteiger partial charge in [0.05, 0.1) is 5.75 Å². The van der Waals surface area contributed by atoms with E-state index in [0.717, 1.165) is 23.0 Å². The minimum atomic E-state index is -0.469. The van der Waals surface area contributed by atoms with Crippen molar-refractivity contribution >= 4 is 23.4 Å². The van der Waals surface area contributed by atoms with Crippen LogP contribution in [0, 0.1) is 5.82 Å². The Kier molecular flexibility index (Phi) is 6.71. The van der Waals surface area contributed by atoms with Gasteiger partial charge in [-0.1, -0.05) is 55.9 Å². The molecule has 7 nitrogen and oxygen atoms in total. The molecule has 3 aromatic rings. The Morgan fingerprint density at radius 2 is 1.93 bits per heavy atom. The number of ether oxygens (including phenoxy) is 1. The molecular formula is C20H22FN5O2S. The molecule has 29 heavy (non-hydrogen) atoms. The second kappa shape index (κ2) is 9.42. The number of hydrogen-bond acceptors (Lipinski definition) is 6. The van der Waals surface area contributed by atoms with E-state index in [1.807, 2.05) is 24.3 Å². The number of para-hydroxylation sites is 2. The van der Waals surface area contributed by atoms with Gasteiger partial charge in [-0.05, 0) is 29.7 Å². The van der Waals surface area contributed by atoms with Crippen molar-refractivity contribution in [3.05, 3.63) is 65.7 Å². The third kappa shape index (κ3) is 5.26. The Bertz CT molecular complexity index is 993. The van der Waals surface area contributed by atoms with Gasteiger partial charge >= 0.3 is 0 Å². The van der Waals surface area contributed by atoms with E-state index in [2.05, 4.69) is 29.4 Å². The highest BCUT2D eigenvalue weighted by atomic mass is 32.2. The van der Waals surface area contributed by atoms with E-state index in [1.165, 1.54) is 16.8 Å². The highest BCUT2D eigenvalue weighted by molar-refractivity contribution is 7.99. The smallest absolute Gasteiger partial charge is 0.234 e. The van der Waals surface area contributed by atoms with Gasteiger partial charge in [0, 0.05) is 5.69 Å². The Balaban J connectivity index is 1.56. The number of benzene rings is 2. The molecule has 9 heteroatoms. The number of halogens is 1. The van der Waals surface area contributed by atoms with Gasteiger partial charge in [0.2, 0.25) is 11.1 Å². The first-order valence-electron chi connectivity index (χ1n) is 9.04. The molecule has 0 spiro atoms. The molecule has 1 heterocycles. The van der Waals surface area contributed by atoms with E-state index in [0.29, 0.717) is 16.9 Å². The van der Waals surface area contributed by atoms with E-state index >= 15 is 0 Å². The van der Waals surface area contributed by atoms with E-state index < -0.39 is 5.82 Å². The summed E-state index contributed by atoms with van der Waals surface area (Å²) in [4.78, 5) is 12.3. The predicted octanol–water partition coefficient (Wildman–Crippen LogP) is 3.56. The first kappa shape index (κ1) is 20.7. The first-order valence-corrected chi connectivity index (χ1v) is 10.0. The summed E-state index contributed by atoms with van der Waals surface area (Å²) >= 11 is 1.16. The van der Waals surface area contributed by atoms with Gasteiger partial charge in [0.25, 0.3) is 0 Å². The fourth-order valence-corrected chi connectivity index (χ4v) is 3.31. The molecule has 2 aromatic carbocycles. The molecule has 0 radical (unpaired) electrons. The normalized spacial score (nSPS) is 10.9. The summed E-state index contributed by atoms with van der Waals surface area (Å²) in [5.41, 5.74) is 1.86. The largest absolute Gasteiger partial charge is 0.482 e. The van der Waals surface area contributed by atoms with Crippen LogP contribution in [-0.2, 0) is 11.4 Å². The Morgan fingerprint density at radius 3 is 2.69 bits per heavy atom. The van der Waals surface area contributed by atoms with Crippen molar-refractivity contribution in [1.82, 2.24) is 14.9 Å². The molecule has 0 aliphatic heterocycles. The number of rotatable bonds is 8. The highest BCUT2D eigenvalue weighted by Gasteiger charge is 2.15. The van der Waals surface area contributed by atoms with Crippen LogP contribution in [0.25, 0.3) is 0 Å². The van der Waals surface area contributed by atoms with Gasteiger partial charge in [-0.15, -0.1) is 10.2 Å². The van der Waals surface area contributed by atoms with Gasteiger partial charge in [-0.2, -0.15) is 0 Å². The lowest BCUT2D eigenvalue weighted by Gasteiger charge is -2.13. The second-order valence-corrected chi connectivity index (χ2v) is 7.51. The van der Waals surface area contributed by atoms with Gasteiger partial charge in [-0.25, -0.2) is 9.07 Å². The maximum Gasteiger partial charge on any atom is 0.234 e. The van der Waals surface area contributed by atoms with Crippen LogP contribution in [0.2, 0.25) is 0 Å². The number of carbonyl (C=O) groups is 1. The summed E-state index contributed by atoms with van der Waals surface area (Å²) in [5, 5.41) is 11.2. The summed E-state index contributed by atoms with van der Waals surface area (Å²) in [7, 11) is 0. The average molecular weight is 415 g/mol. The lowest BCUT2D eigenvalue weighted by atomic mass is 10.0. The van der Waals surface area contributed by atoms with Crippen LogP contribution in [0.1, 0.15) is 31.2 Å². The minimum Gasteiger partial charge on any atom is -0.482 e. The lowest BCUT2D eigenvalue weighted by Crippen LogP contribution is -2.18. The molecule has 1 aromatic heterocycles. The number of anilines is 1. The maximum absolute atomic E-state index is 13.6. The quantitative estimate of drug-likeness (QED) is 0.431. The van der Waals surface area contributed by atoms with Crippen LogP contribution in [-0.4, -0.2) is 26.5 Å². The van der Waals surface area contributed by atoms with Crippen molar-refractivity contribution in [2.75, 3.05) is 16.9 Å². The summed E-state index contributed by atoms with van der Waals surface area (Å²) in [5.74, 6) is 6.17. The maximum atomic E-state index is 13.6. The van der Waals surface area contributed by atoms with Crippen LogP contribution >= 0.6 is 11.8 Å². The molecule has 0 unspecified atom stereocenters. The minimum absolute atomic E-state index is 0.0427. The molecule has 0 aliphatic rings. The van der Waals surface area contributed by atoms with Crippen LogP contribution in [0.5, 0.6) is 5.75 Å². The van der Waals surface area contributed by atoms with Gasteiger partial charge in [0.1, 0.15) is 6.61 Å². The SMILES string of the molecule is CC(C)c1ccccc1NC(=O)CSc1nnc(COc2ccccc2F)n1N. The van der Waals surface area contributed by atoms with Gasteiger partial charge in [0.15, 0.2) is 17.4 Å². The monoisotopic (exact) mass is 415 g/mol. The number of nitrogens with one attached hydrogen (secondary N) is 1. The van der Waals surface area contributed by atoms with Gasteiger partial charge in [-0.3, -0.25) is 4.79 Å². The molecule has 152 valence electrons. The third-order valence-corrected chi connectivity index (χ3v) is 5.06. The Labute approximate surface area is 172 Å². The molecule has 0 bridgehead atoms. The van der Waals surface area contributed by atoms with Crippen LogP contribution in [0.15, 0.2) is 53.7 Å². The second-order valence-electron chi connectivity index (χ2n) is 6.57. The fraction of sp³-hybridized carbons (Fsp3) is 0.250. The van der Waals surface area contributed by atoms with Crippen molar-refractivity contribution in [2.24, 2.45) is 0 Å². The van der Waals surface area contributed by atoms with E-state index in [-0.39, 0.29) is 24.0 Å². The molecule has 3 rings (SSSR count). The number of thioether (sulfide) groups is 1. The fourth-order valence-electron chi connectivity index (χ4n) is 2.64. The number of nitrogens with zero attached hydrogens (tertiary/aromatic N) is 3. The number of amides is 1. The molecule has 0 saturated heterocycles. The molecule has 0 atom stereocenters. The molecule has 3 N–H and O–H groups in total. The predicted molar refractivity (Wildman–Crippen MR) is 111 cm³/mol. The summed E-state index contributed by atoms with van der Waals surface area (Å²) < 4.78 is 20.2. The zero-order valence-corrected chi connectivity index (χ0v) is 16.9. The molecule has 0 fully saturated rings. The average Bonchev–Trinajstić information content (AvgIpc) is 3.05. The zero-order chi connectivity index (χ0) is 20.8. The summed E-state index contributed by atoms with van der Waals surface area (Å²) in [6, 6.07) is 13.8. The Hall–Kier alpha value is -3.07. The molecular weight excluding hydrogens is 393 g/mol. The van der Waals surface area contributed by atoms with Crippen molar-refractivity contribution < 1.29 is 13.9 Å². The van der Waals surface area contributed by atoms with Crippen LogP contribution in [0.3, 0.4) is 0 Å². The number of nitrogens with two attached hydrogens (primary N) is 1. The van der Waals surface area contributed by atoms with Gasteiger partial charge < -0.3 is 15.9 Å². The Morgan fingerprint density at radius 1 is 1.21 bits per heavy atom. The van der Waals surface area contributed by atoms with E-state index in [1.54, 1.807) is 12.1 Å². The topological polar surface area (TPSA) is 95.1 Å². The standard InChI is InChI=1S/C20H22FN5O2S/c1-13(2)14-7-3-5-9-16(14)23-19(27)12-29-20-25-24-18(26(20)22)11-28-17-10-6-4-8-15(17)21/h3-10,13H,11-12,22H2,1-2H3,(H,23,27). The number of carbonyl (C=O) groups excluding carboxylic acids is 1. The number of nitrogen functional groups attached to an aromatic ring is 1. The third-order valence-electron chi connectivity index (χ3n) is 4.12. The van der Waals surface area contributed by atoms with E-state index in [4.69, 9.17) is 10.6 Å². The molecule has 1 amide bonds. The van der Waals surface area contributed by atoms with Crippen molar-refractivity contribution in [2.45, 2.75) is 31.5 Å². The van der Waals surface area contributed by atoms with Crippen molar-refractivity contribution in [3.63, 3.8) is 0 Å². The first-order chi connectivity index (χ1) is 14.0. The van der Waals surface area contributed by atoms with Crippen molar-refractivity contribution in [3.8, 4) is 5.75 Å². The summed E-state index contributed by atoms with van der Waals surface area (Å²) in [6.07, 6.45) is 0. The number of aromatic nitrogens is 3. The van der Waals surface area contributed by atoms with Crippen LogP contribution < -0.4 is 15.9 Å². The highest BCUT2D eigenvalue weighted by Crippen LogP contribution is 2.24. The molecule has 0 saturated carbocycles. The van der Waals surface area contributed by atoms with Crippen molar-refractivity contribution in [1.29, 1.82) is 0 Å². The summed E-state index contributed by atoms with van der Waals surface area (Å²) in [6.45, 7) is 4.10. The molecule has 0 aliphatic carbocycles. The number of hydrogen-bond donors (Lipinski definition) is 2. The zero-order valence-electron chi connectivity index (χ0n) is 16.1. The van der Waals surface area contributed by atoms with Crippen LogP contribution in [0.4, 0.5) is 10.1 Å². The van der Waals surface area contributed by atoms with E-state index in [9.17, 15) is 9.18 Å². The lowest BCUT2D eigenvalue weighted by molar-refractivity contribution is -0.113.